The molecule has 4 heteroatoms. The summed E-state index contributed by atoms with van der Waals surface area (Å²) >= 11 is 0. The molecule has 0 radical (unpaired) electrons. The van der Waals surface area contributed by atoms with Crippen LogP contribution in [0, 0.1) is 11.8 Å². The van der Waals surface area contributed by atoms with E-state index in [1.165, 1.54) is 38.9 Å². The van der Waals surface area contributed by atoms with Crippen molar-refractivity contribution in [2.24, 2.45) is 11.8 Å². The van der Waals surface area contributed by atoms with E-state index in [4.69, 9.17) is 4.74 Å². The highest BCUT2D eigenvalue weighted by molar-refractivity contribution is 5.68. The number of alkyl carbamates (subject to hydrolysis) is 1. The number of nitrogens with one attached hydrogen (secondary N) is 1. The third kappa shape index (κ3) is 5.85. The van der Waals surface area contributed by atoms with Gasteiger partial charge in [0.05, 0.1) is 0 Å². The molecule has 4 nitrogen and oxygen atoms in total. The monoisotopic (exact) mass is 296 g/mol. The Morgan fingerprint density at radius 2 is 2.05 bits per heavy atom. The average molecular weight is 296 g/mol. The molecule has 0 aromatic rings. The van der Waals surface area contributed by atoms with E-state index in [9.17, 15) is 4.79 Å². The summed E-state index contributed by atoms with van der Waals surface area (Å²) < 4.78 is 5.34. The van der Waals surface area contributed by atoms with Gasteiger partial charge in [0.1, 0.15) is 5.60 Å². The molecule has 1 aliphatic heterocycles. The molecular weight excluding hydrogens is 264 g/mol. The van der Waals surface area contributed by atoms with E-state index in [0.29, 0.717) is 6.04 Å². The molecule has 0 bridgehead atoms. The lowest BCUT2D eigenvalue weighted by Crippen LogP contribution is -2.39. The van der Waals surface area contributed by atoms with Crippen molar-refractivity contribution in [1.29, 1.82) is 0 Å². The van der Waals surface area contributed by atoms with Crippen LogP contribution in [0.1, 0.15) is 59.8 Å². The van der Waals surface area contributed by atoms with Gasteiger partial charge in [0.15, 0.2) is 0 Å². The SMILES string of the molecule is CC1CCCN(CC2CC[C@@H](NC(=O)OC(C)(C)C)C2)C1. The van der Waals surface area contributed by atoms with Crippen LogP contribution in [-0.4, -0.2) is 42.3 Å². The Balaban J connectivity index is 1.69. The minimum atomic E-state index is -0.411. The molecule has 1 saturated heterocycles. The van der Waals surface area contributed by atoms with Gasteiger partial charge in [-0.25, -0.2) is 4.79 Å². The Labute approximate surface area is 129 Å². The van der Waals surface area contributed by atoms with Crippen molar-refractivity contribution in [3.63, 3.8) is 0 Å². The van der Waals surface area contributed by atoms with Crippen LogP contribution in [0.25, 0.3) is 0 Å². The standard InChI is InChI=1S/C17H32N2O2/c1-13-6-5-9-19(11-13)12-14-7-8-15(10-14)18-16(20)21-17(2,3)4/h13-15H,5-12H2,1-4H3,(H,18,20)/t13?,14?,15-/m1/s1. The second-order valence-electron chi connectivity index (χ2n) is 8.03. The summed E-state index contributed by atoms with van der Waals surface area (Å²) in [5.41, 5.74) is -0.411. The Morgan fingerprint density at radius 1 is 1.29 bits per heavy atom. The fourth-order valence-electron chi connectivity index (χ4n) is 3.66. The average Bonchev–Trinajstić information content (AvgIpc) is 2.73. The van der Waals surface area contributed by atoms with Gasteiger partial charge < -0.3 is 15.0 Å². The Hall–Kier alpha value is -0.770. The lowest BCUT2D eigenvalue weighted by molar-refractivity contribution is 0.0504. The number of ether oxygens (including phenoxy) is 1. The van der Waals surface area contributed by atoms with Crippen molar-refractivity contribution in [2.45, 2.75) is 71.4 Å². The molecule has 2 unspecified atom stereocenters. The summed E-state index contributed by atoms with van der Waals surface area (Å²) in [5.74, 6) is 1.58. The number of hydrogen-bond donors (Lipinski definition) is 1. The third-order valence-corrected chi connectivity index (χ3v) is 4.52. The smallest absolute Gasteiger partial charge is 0.407 e. The molecule has 0 aromatic carbocycles. The zero-order chi connectivity index (χ0) is 15.5. The Morgan fingerprint density at radius 3 is 2.71 bits per heavy atom. The molecule has 21 heavy (non-hydrogen) atoms. The van der Waals surface area contributed by atoms with Gasteiger partial charge in [-0.1, -0.05) is 6.92 Å². The van der Waals surface area contributed by atoms with Gasteiger partial charge in [-0.2, -0.15) is 0 Å². The van der Waals surface area contributed by atoms with E-state index in [0.717, 1.165) is 24.7 Å². The van der Waals surface area contributed by atoms with Crippen molar-refractivity contribution in [1.82, 2.24) is 10.2 Å². The maximum atomic E-state index is 11.8. The summed E-state index contributed by atoms with van der Waals surface area (Å²) in [7, 11) is 0. The molecule has 1 aliphatic carbocycles. The van der Waals surface area contributed by atoms with E-state index in [1.807, 2.05) is 20.8 Å². The minimum absolute atomic E-state index is 0.264. The van der Waals surface area contributed by atoms with Crippen molar-refractivity contribution in [2.75, 3.05) is 19.6 Å². The normalized spacial score (nSPS) is 31.1. The molecule has 2 fully saturated rings. The third-order valence-electron chi connectivity index (χ3n) is 4.52. The van der Waals surface area contributed by atoms with E-state index in [2.05, 4.69) is 17.1 Å². The topological polar surface area (TPSA) is 41.6 Å². The fourth-order valence-corrected chi connectivity index (χ4v) is 3.66. The molecule has 2 aliphatic rings. The summed E-state index contributed by atoms with van der Waals surface area (Å²) in [5, 5.41) is 3.03. The molecule has 1 N–H and O–H groups in total. The first kappa shape index (κ1) is 16.6. The van der Waals surface area contributed by atoms with Gasteiger partial charge >= 0.3 is 6.09 Å². The first-order valence-corrected chi connectivity index (χ1v) is 8.53. The molecule has 122 valence electrons. The maximum Gasteiger partial charge on any atom is 0.407 e. The number of carbonyl (C=O) groups excluding carboxylic acids is 1. The first-order valence-electron chi connectivity index (χ1n) is 8.53. The highest BCUT2D eigenvalue weighted by atomic mass is 16.6. The quantitative estimate of drug-likeness (QED) is 0.867. The molecule has 2 rings (SSSR count). The highest BCUT2D eigenvalue weighted by Gasteiger charge is 2.29. The lowest BCUT2D eigenvalue weighted by atomic mass is 9.98. The van der Waals surface area contributed by atoms with E-state index in [-0.39, 0.29) is 6.09 Å². The molecular formula is C17H32N2O2. The Bertz CT molecular complexity index is 351. The number of hydrogen-bond acceptors (Lipinski definition) is 3. The van der Waals surface area contributed by atoms with Crippen LogP contribution < -0.4 is 5.32 Å². The van der Waals surface area contributed by atoms with Crippen LogP contribution in [0.4, 0.5) is 4.79 Å². The van der Waals surface area contributed by atoms with Gasteiger partial charge in [0.2, 0.25) is 0 Å². The van der Waals surface area contributed by atoms with Crippen LogP contribution in [-0.2, 0) is 4.74 Å². The van der Waals surface area contributed by atoms with Crippen LogP contribution in [0.15, 0.2) is 0 Å². The van der Waals surface area contributed by atoms with Crippen LogP contribution >= 0.6 is 0 Å². The number of nitrogens with zero attached hydrogens (tertiary/aromatic N) is 1. The predicted octanol–water partition coefficient (Wildman–Crippen LogP) is 3.41. The van der Waals surface area contributed by atoms with Crippen molar-refractivity contribution in [3.05, 3.63) is 0 Å². The minimum Gasteiger partial charge on any atom is -0.444 e. The molecule has 1 amide bonds. The van der Waals surface area contributed by atoms with Crippen molar-refractivity contribution < 1.29 is 9.53 Å². The van der Waals surface area contributed by atoms with Gasteiger partial charge in [-0.05, 0) is 71.3 Å². The van der Waals surface area contributed by atoms with Crippen LogP contribution in [0.2, 0.25) is 0 Å². The summed E-state index contributed by atoms with van der Waals surface area (Å²) in [4.78, 5) is 14.4. The molecule has 3 atom stereocenters. The predicted molar refractivity (Wildman–Crippen MR) is 85.3 cm³/mol. The molecule has 1 saturated carbocycles. The fraction of sp³-hybridized carbons (Fsp3) is 0.941. The van der Waals surface area contributed by atoms with Gasteiger partial charge in [-0.15, -0.1) is 0 Å². The maximum absolute atomic E-state index is 11.8. The van der Waals surface area contributed by atoms with Crippen LogP contribution in [0.3, 0.4) is 0 Å². The van der Waals surface area contributed by atoms with Crippen LogP contribution in [0.5, 0.6) is 0 Å². The van der Waals surface area contributed by atoms with E-state index < -0.39 is 5.60 Å². The van der Waals surface area contributed by atoms with Gasteiger partial charge in [-0.3, -0.25) is 0 Å². The summed E-state index contributed by atoms with van der Waals surface area (Å²) in [6, 6.07) is 0.298. The van der Waals surface area contributed by atoms with E-state index in [1.54, 1.807) is 0 Å². The second-order valence-corrected chi connectivity index (χ2v) is 8.03. The van der Waals surface area contributed by atoms with E-state index >= 15 is 0 Å². The zero-order valence-corrected chi connectivity index (χ0v) is 14.2. The van der Waals surface area contributed by atoms with Crippen molar-refractivity contribution in [3.8, 4) is 0 Å². The highest BCUT2D eigenvalue weighted by Crippen LogP contribution is 2.28. The number of likely N-dealkylation sites (tertiary alicyclic amines) is 1. The number of rotatable bonds is 3. The molecule has 0 aromatic heterocycles. The Kier molecular flexibility index (Phi) is 5.53. The van der Waals surface area contributed by atoms with Gasteiger partial charge in [0.25, 0.3) is 0 Å². The largest absolute Gasteiger partial charge is 0.444 e. The second kappa shape index (κ2) is 6.99. The lowest BCUT2D eigenvalue weighted by Gasteiger charge is -2.32. The van der Waals surface area contributed by atoms with Crippen molar-refractivity contribution >= 4 is 6.09 Å². The molecule has 1 heterocycles. The summed E-state index contributed by atoms with van der Waals surface area (Å²) in [6.45, 7) is 11.8. The number of amides is 1. The summed E-state index contributed by atoms with van der Waals surface area (Å²) in [6.07, 6.45) is 5.87. The van der Waals surface area contributed by atoms with Gasteiger partial charge in [0, 0.05) is 19.1 Å². The zero-order valence-electron chi connectivity index (χ0n) is 14.2. The number of carbonyl (C=O) groups is 1. The number of piperidine rings is 1. The first-order chi connectivity index (χ1) is 9.82. The molecule has 0 spiro atoms.